The molecule has 0 atom stereocenters. The van der Waals surface area contributed by atoms with Crippen LogP contribution in [-0.2, 0) is 6.61 Å². The molecule has 2 aromatic carbocycles. The highest BCUT2D eigenvalue weighted by Crippen LogP contribution is 2.36. The maximum Gasteiger partial charge on any atom is 0.175 e. The smallest absolute Gasteiger partial charge is 0.175 e. The van der Waals surface area contributed by atoms with Gasteiger partial charge in [0.2, 0.25) is 0 Å². The van der Waals surface area contributed by atoms with Gasteiger partial charge >= 0.3 is 0 Å². The zero-order valence-corrected chi connectivity index (χ0v) is 13.3. The van der Waals surface area contributed by atoms with Gasteiger partial charge in [0.1, 0.15) is 18.6 Å². The molecule has 0 bridgehead atoms. The van der Waals surface area contributed by atoms with E-state index >= 15 is 0 Å². The Kier molecular flexibility index (Phi) is 5.22. The lowest BCUT2D eigenvalue weighted by Crippen LogP contribution is -1.99. The summed E-state index contributed by atoms with van der Waals surface area (Å²) in [6, 6.07) is 10.9. The van der Waals surface area contributed by atoms with E-state index in [1.807, 2.05) is 24.3 Å². The lowest BCUT2D eigenvalue weighted by molar-refractivity contribution is 0.112. The maximum atomic E-state index is 10.8. The molecule has 0 aliphatic heterocycles. The van der Waals surface area contributed by atoms with Gasteiger partial charge in [0, 0.05) is 5.56 Å². The van der Waals surface area contributed by atoms with E-state index in [1.54, 1.807) is 19.2 Å². The molecule has 0 amide bonds. The van der Waals surface area contributed by atoms with Gasteiger partial charge in [-0.1, -0.05) is 12.1 Å². The minimum Gasteiger partial charge on any atom is -0.497 e. The fourth-order valence-corrected chi connectivity index (χ4v) is 2.40. The second kappa shape index (κ2) is 7.13. The number of aldehydes is 1. The van der Waals surface area contributed by atoms with Crippen molar-refractivity contribution in [2.75, 3.05) is 14.2 Å². The molecule has 2 aromatic rings. The lowest BCUT2D eigenvalue weighted by Gasteiger charge is -2.13. The van der Waals surface area contributed by atoms with Crippen molar-refractivity contribution in [2.24, 2.45) is 0 Å². The van der Waals surface area contributed by atoms with E-state index < -0.39 is 0 Å². The van der Waals surface area contributed by atoms with Crippen LogP contribution in [0.5, 0.6) is 17.2 Å². The number of halogens is 1. The standard InChI is InChI=1S/C16H15BrO4/c1-19-13-5-3-11(4-6-13)10-21-16-14(17)7-12(9-18)8-15(16)20-2/h3-9H,10H2,1-2H3. The first-order chi connectivity index (χ1) is 10.2. The minimum absolute atomic E-state index is 0.388. The molecule has 0 heterocycles. The third-order valence-electron chi connectivity index (χ3n) is 2.93. The molecule has 0 aliphatic rings. The third-order valence-corrected chi connectivity index (χ3v) is 3.52. The molecule has 4 nitrogen and oxygen atoms in total. The van der Waals surface area contributed by atoms with Crippen molar-refractivity contribution in [3.05, 3.63) is 52.0 Å². The first kappa shape index (κ1) is 15.4. The highest BCUT2D eigenvalue weighted by molar-refractivity contribution is 9.10. The van der Waals surface area contributed by atoms with Gasteiger partial charge in [0.25, 0.3) is 0 Å². The Morgan fingerprint density at radius 3 is 2.38 bits per heavy atom. The van der Waals surface area contributed by atoms with Crippen molar-refractivity contribution < 1.29 is 19.0 Å². The van der Waals surface area contributed by atoms with Gasteiger partial charge in [-0.05, 0) is 45.8 Å². The molecule has 0 unspecified atom stereocenters. The average molecular weight is 351 g/mol. The van der Waals surface area contributed by atoms with E-state index in [4.69, 9.17) is 14.2 Å². The zero-order valence-electron chi connectivity index (χ0n) is 11.8. The van der Waals surface area contributed by atoms with E-state index in [-0.39, 0.29) is 0 Å². The van der Waals surface area contributed by atoms with Crippen molar-refractivity contribution in [1.82, 2.24) is 0 Å². The van der Waals surface area contributed by atoms with Crippen molar-refractivity contribution in [3.63, 3.8) is 0 Å². The second-order valence-corrected chi connectivity index (χ2v) is 5.14. The Bertz CT molecular complexity index is 623. The molecule has 0 aromatic heterocycles. The summed E-state index contributed by atoms with van der Waals surface area (Å²) in [5.74, 6) is 1.88. The van der Waals surface area contributed by atoms with Crippen molar-refractivity contribution >= 4 is 22.2 Å². The lowest BCUT2D eigenvalue weighted by atomic mass is 10.2. The molecule has 21 heavy (non-hydrogen) atoms. The summed E-state index contributed by atoms with van der Waals surface area (Å²) < 4.78 is 16.8. The van der Waals surface area contributed by atoms with Crippen LogP contribution in [0.4, 0.5) is 0 Å². The summed E-state index contributed by atoms with van der Waals surface area (Å²) >= 11 is 3.39. The van der Waals surface area contributed by atoms with Gasteiger partial charge < -0.3 is 14.2 Å². The van der Waals surface area contributed by atoms with Crippen LogP contribution in [-0.4, -0.2) is 20.5 Å². The van der Waals surface area contributed by atoms with Gasteiger partial charge in [-0.25, -0.2) is 0 Å². The number of hydrogen-bond donors (Lipinski definition) is 0. The number of methoxy groups -OCH3 is 2. The van der Waals surface area contributed by atoms with Crippen LogP contribution in [0.15, 0.2) is 40.9 Å². The summed E-state index contributed by atoms with van der Waals surface area (Å²) in [6.07, 6.45) is 0.764. The Morgan fingerprint density at radius 1 is 1.10 bits per heavy atom. The average Bonchev–Trinajstić information content (AvgIpc) is 2.53. The quantitative estimate of drug-likeness (QED) is 0.742. The van der Waals surface area contributed by atoms with Gasteiger partial charge in [-0.15, -0.1) is 0 Å². The summed E-state index contributed by atoms with van der Waals surface area (Å²) in [4.78, 5) is 10.8. The van der Waals surface area contributed by atoms with Crippen LogP contribution < -0.4 is 14.2 Å². The van der Waals surface area contributed by atoms with Gasteiger partial charge in [0.05, 0.1) is 18.7 Å². The Labute approximate surface area is 131 Å². The van der Waals surface area contributed by atoms with Crippen LogP contribution in [0, 0.1) is 0 Å². The predicted molar refractivity (Wildman–Crippen MR) is 83.4 cm³/mol. The van der Waals surface area contributed by atoms with Crippen LogP contribution in [0.3, 0.4) is 0 Å². The number of benzene rings is 2. The molecule has 110 valence electrons. The van der Waals surface area contributed by atoms with E-state index in [2.05, 4.69) is 15.9 Å². The highest BCUT2D eigenvalue weighted by atomic mass is 79.9. The van der Waals surface area contributed by atoms with Crippen molar-refractivity contribution in [1.29, 1.82) is 0 Å². The number of carbonyl (C=O) groups excluding carboxylic acids is 1. The maximum absolute atomic E-state index is 10.8. The zero-order chi connectivity index (χ0) is 15.2. The molecule has 0 fully saturated rings. The molecule has 0 aliphatic carbocycles. The number of carbonyl (C=O) groups is 1. The van der Waals surface area contributed by atoms with Gasteiger partial charge in [-0.3, -0.25) is 4.79 Å². The summed E-state index contributed by atoms with van der Waals surface area (Å²) in [5.41, 5.74) is 1.53. The fourth-order valence-electron chi connectivity index (χ4n) is 1.83. The van der Waals surface area contributed by atoms with E-state index in [0.717, 1.165) is 17.6 Å². The Balaban J connectivity index is 2.16. The highest BCUT2D eigenvalue weighted by Gasteiger charge is 2.11. The molecule has 0 spiro atoms. The molecule has 0 saturated carbocycles. The van der Waals surface area contributed by atoms with Crippen LogP contribution in [0.25, 0.3) is 0 Å². The van der Waals surface area contributed by atoms with E-state index in [9.17, 15) is 4.79 Å². The first-order valence-corrected chi connectivity index (χ1v) is 7.05. The minimum atomic E-state index is 0.388. The Morgan fingerprint density at radius 2 is 1.81 bits per heavy atom. The second-order valence-electron chi connectivity index (χ2n) is 4.29. The monoisotopic (exact) mass is 350 g/mol. The van der Waals surface area contributed by atoms with E-state index in [1.165, 1.54) is 7.11 Å². The molecule has 5 heteroatoms. The number of ether oxygens (including phenoxy) is 3. The van der Waals surface area contributed by atoms with Crippen LogP contribution >= 0.6 is 15.9 Å². The van der Waals surface area contributed by atoms with Crippen molar-refractivity contribution in [2.45, 2.75) is 6.61 Å². The van der Waals surface area contributed by atoms with Gasteiger partial charge in [-0.2, -0.15) is 0 Å². The molecule has 2 rings (SSSR count). The molecule has 0 radical (unpaired) electrons. The first-order valence-electron chi connectivity index (χ1n) is 6.26. The number of rotatable bonds is 6. The van der Waals surface area contributed by atoms with Crippen molar-refractivity contribution in [3.8, 4) is 17.2 Å². The molecular weight excluding hydrogens is 336 g/mol. The molecule has 0 N–H and O–H groups in total. The Hall–Kier alpha value is -2.01. The van der Waals surface area contributed by atoms with Gasteiger partial charge in [0.15, 0.2) is 11.5 Å². The van der Waals surface area contributed by atoms with Crippen LogP contribution in [0.2, 0.25) is 0 Å². The van der Waals surface area contributed by atoms with E-state index in [0.29, 0.717) is 28.1 Å². The summed E-state index contributed by atoms with van der Waals surface area (Å²) in [6.45, 7) is 0.388. The predicted octanol–water partition coefficient (Wildman–Crippen LogP) is 3.86. The number of hydrogen-bond acceptors (Lipinski definition) is 4. The van der Waals surface area contributed by atoms with Crippen LogP contribution in [0.1, 0.15) is 15.9 Å². The SMILES string of the molecule is COc1ccc(COc2c(Br)cc(C=O)cc2OC)cc1. The fraction of sp³-hybridized carbons (Fsp3) is 0.188. The molecule has 0 saturated heterocycles. The third kappa shape index (κ3) is 3.76. The normalized spacial score (nSPS) is 10.0. The summed E-state index contributed by atoms with van der Waals surface area (Å²) in [5, 5.41) is 0. The molecular formula is C16H15BrO4. The summed E-state index contributed by atoms with van der Waals surface area (Å²) in [7, 11) is 3.17. The topological polar surface area (TPSA) is 44.8 Å². The largest absolute Gasteiger partial charge is 0.497 e.